The van der Waals surface area contributed by atoms with Crippen molar-refractivity contribution in [3.8, 4) is 0 Å². The fraction of sp³-hybridized carbons (Fsp3) is 0.700. The smallest absolute Gasteiger partial charge is 0.163 e. The molecule has 2 rings (SSSR count). The van der Waals surface area contributed by atoms with E-state index in [1.54, 1.807) is 0 Å². The summed E-state index contributed by atoms with van der Waals surface area (Å²) < 4.78 is 0. The van der Waals surface area contributed by atoms with E-state index in [4.69, 9.17) is 0 Å². The number of rotatable bonds is 14. The molecule has 33 heavy (non-hydrogen) atoms. The molecule has 0 spiro atoms. The van der Waals surface area contributed by atoms with Crippen molar-refractivity contribution in [1.29, 1.82) is 0 Å². The molecule has 3 heteroatoms. The molecule has 0 saturated heterocycles. The van der Waals surface area contributed by atoms with Crippen LogP contribution < -0.4 is 0 Å². The minimum atomic E-state index is -0.0714. The molecule has 0 aliphatic heterocycles. The summed E-state index contributed by atoms with van der Waals surface area (Å²) in [6, 6.07) is 4.37. The summed E-state index contributed by atoms with van der Waals surface area (Å²) in [6.07, 6.45) is 9.90. The fourth-order valence-electron chi connectivity index (χ4n) is 5.88. The lowest BCUT2D eigenvalue weighted by atomic mass is 9.71. The summed E-state index contributed by atoms with van der Waals surface area (Å²) in [4.78, 5) is 37.6. The van der Waals surface area contributed by atoms with Gasteiger partial charge in [-0.25, -0.2) is 0 Å². The van der Waals surface area contributed by atoms with Crippen molar-refractivity contribution < 1.29 is 14.4 Å². The van der Waals surface area contributed by atoms with Gasteiger partial charge in [-0.2, -0.15) is 0 Å². The van der Waals surface area contributed by atoms with Gasteiger partial charge in [-0.1, -0.05) is 65.5 Å². The topological polar surface area (TPSA) is 51.2 Å². The second-order valence-electron chi connectivity index (χ2n) is 10.6. The Morgan fingerprint density at radius 1 is 1.06 bits per heavy atom. The zero-order chi connectivity index (χ0) is 24.5. The van der Waals surface area contributed by atoms with Crippen LogP contribution >= 0.6 is 0 Å². The van der Waals surface area contributed by atoms with Crippen molar-refractivity contribution >= 4 is 17.3 Å². The van der Waals surface area contributed by atoms with Crippen LogP contribution in [0.5, 0.6) is 0 Å². The molecule has 3 nitrogen and oxygen atoms in total. The molecule has 4 unspecified atom stereocenters. The van der Waals surface area contributed by atoms with Crippen LogP contribution in [0.3, 0.4) is 0 Å². The number of aryl methyl sites for hydroxylation is 2. The van der Waals surface area contributed by atoms with E-state index >= 15 is 0 Å². The van der Waals surface area contributed by atoms with Gasteiger partial charge in [0.25, 0.3) is 0 Å². The van der Waals surface area contributed by atoms with E-state index in [-0.39, 0.29) is 41.5 Å². The van der Waals surface area contributed by atoms with E-state index in [1.807, 2.05) is 0 Å². The highest BCUT2D eigenvalue weighted by Gasteiger charge is 2.33. The summed E-state index contributed by atoms with van der Waals surface area (Å²) in [5, 5.41) is 0. The Morgan fingerprint density at radius 2 is 1.79 bits per heavy atom. The molecule has 0 radical (unpaired) electrons. The Labute approximate surface area is 202 Å². The number of fused-ring (bicyclic) bond motifs is 1. The number of ketones is 3. The van der Waals surface area contributed by atoms with Crippen molar-refractivity contribution in [1.82, 2.24) is 0 Å². The summed E-state index contributed by atoms with van der Waals surface area (Å²) in [7, 11) is 0. The predicted octanol–water partition coefficient (Wildman–Crippen LogP) is 7.49. The average molecular weight is 455 g/mol. The molecule has 4 atom stereocenters. The molecule has 1 aliphatic carbocycles. The van der Waals surface area contributed by atoms with Gasteiger partial charge in [0.05, 0.1) is 6.42 Å². The Hall–Kier alpha value is -1.77. The Kier molecular flexibility index (Phi) is 11.0. The summed E-state index contributed by atoms with van der Waals surface area (Å²) in [5.74, 6) is 1.54. The maximum Gasteiger partial charge on any atom is 0.163 e. The Morgan fingerprint density at radius 3 is 2.39 bits per heavy atom. The summed E-state index contributed by atoms with van der Waals surface area (Å²) in [5.41, 5.74) is 4.70. The van der Waals surface area contributed by atoms with Crippen molar-refractivity contribution in [2.24, 2.45) is 23.7 Å². The standard InChI is InChI=1S/C30H46O3/c1-7-11-25(26(9-3)28(32)16-22(6)31)17-23-18-27-24(13-10-12-20(4)8-2)15-14-21(5)30(27)29(33)19-23/h14-15,20,23,25-26H,7-13,16-19H2,1-6H3. The second kappa shape index (κ2) is 13.2. The van der Waals surface area contributed by atoms with Gasteiger partial charge in [0.2, 0.25) is 0 Å². The van der Waals surface area contributed by atoms with E-state index in [0.29, 0.717) is 6.42 Å². The van der Waals surface area contributed by atoms with Gasteiger partial charge >= 0.3 is 0 Å². The average Bonchev–Trinajstić information content (AvgIpc) is 2.75. The third-order valence-corrected chi connectivity index (χ3v) is 7.85. The maximum atomic E-state index is 13.2. The third-order valence-electron chi connectivity index (χ3n) is 7.85. The fourth-order valence-corrected chi connectivity index (χ4v) is 5.88. The number of Topliss-reactive ketones (excluding diaryl/α,β-unsaturated/α-hetero) is 3. The van der Waals surface area contributed by atoms with Crippen molar-refractivity contribution in [2.45, 2.75) is 112 Å². The van der Waals surface area contributed by atoms with Crippen molar-refractivity contribution in [3.63, 3.8) is 0 Å². The van der Waals surface area contributed by atoms with Gasteiger partial charge in [0, 0.05) is 17.9 Å². The molecular weight excluding hydrogens is 408 g/mol. The predicted molar refractivity (Wildman–Crippen MR) is 137 cm³/mol. The van der Waals surface area contributed by atoms with Crippen molar-refractivity contribution in [2.75, 3.05) is 0 Å². The number of carbonyl (C=O) groups excluding carboxylic acids is 3. The minimum Gasteiger partial charge on any atom is -0.300 e. The quantitative estimate of drug-likeness (QED) is 0.274. The van der Waals surface area contributed by atoms with Gasteiger partial charge in [0.15, 0.2) is 5.78 Å². The van der Waals surface area contributed by atoms with Crippen LogP contribution in [-0.2, 0) is 22.4 Å². The van der Waals surface area contributed by atoms with Gasteiger partial charge in [-0.15, -0.1) is 0 Å². The zero-order valence-corrected chi connectivity index (χ0v) is 22.0. The van der Waals surface area contributed by atoms with Crippen LogP contribution in [0.1, 0.15) is 119 Å². The second-order valence-corrected chi connectivity index (χ2v) is 10.6. The lowest BCUT2D eigenvalue weighted by Gasteiger charge is -2.32. The van der Waals surface area contributed by atoms with Gasteiger partial charge in [-0.05, 0) is 80.4 Å². The van der Waals surface area contributed by atoms with Crippen LogP contribution in [0.4, 0.5) is 0 Å². The lowest BCUT2D eigenvalue weighted by Crippen LogP contribution is -2.30. The number of hydrogen-bond acceptors (Lipinski definition) is 3. The molecule has 0 aromatic heterocycles. The SMILES string of the molecule is CCCC(CC1CC(=O)c2c(C)ccc(CCCC(C)CC)c2C1)C(CC)C(=O)CC(C)=O. The first-order valence-electron chi connectivity index (χ1n) is 13.4. The number of benzene rings is 1. The first-order chi connectivity index (χ1) is 15.7. The van der Waals surface area contributed by atoms with Crippen molar-refractivity contribution in [3.05, 3.63) is 34.4 Å². The molecule has 1 aliphatic rings. The van der Waals surface area contributed by atoms with E-state index in [0.717, 1.165) is 55.6 Å². The van der Waals surface area contributed by atoms with Gasteiger partial charge in [0.1, 0.15) is 11.6 Å². The molecule has 0 saturated carbocycles. The normalized spacial score (nSPS) is 18.5. The van der Waals surface area contributed by atoms with Crippen LogP contribution in [0, 0.1) is 30.6 Å². The van der Waals surface area contributed by atoms with Gasteiger partial charge < -0.3 is 0 Å². The largest absolute Gasteiger partial charge is 0.300 e. The molecule has 184 valence electrons. The first-order valence-corrected chi connectivity index (χ1v) is 13.4. The molecule has 0 bridgehead atoms. The molecule has 0 amide bonds. The van der Waals surface area contributed by atoms with E-state index in [2.05, 4.69) is 46.8 Å². The van der Waals surface area contributed by atoms with Crippen LogP contribution in [0.15, 0.2) is 12.1 Å². The zero-order valence-electron chi connectivity index (χ0n) is 22.0. The minimum absolute atomic E-state index is 0.0463. The monoisotopic (exact) mass is 454 g/mol. The van der Waals surface area contributed by atoms with E-state index in [9.17, 15) is 14.4 Å². The third kappa shape index (κ3) is 7.62. The number of hydrogen-bond donors (Lipinski definition) is 0. The maximum absolute atomic E-state index is 13.2. The Balaban J connectivity index is 2.22. The highest BCUT2D eigenvalue weighted by atomic mass is 16.1. The molecule has 0 fully saturated rings. The lowest BCUT2D eigenvalue weighted by molar-refractivity contribution is -0.129. The molecule has 1 aromatic rings. The van der Waals surface area contributed by atoms with E-state index < -0.39 is 0 Å². The van der Waals surface area contributed by atoms with Crippen LogP contribution in [0.2, 0.25) is 0 Å². The van der Waals surface area contributed by atoms with Crippen LogP contribution in [-0.4, -0.2) is 17.3 Å². The molecule has 0 N–H and O–H groups in total. The van der Waals surface area contributed by atoms with Gasteiger partial charge in [-0.3, -0.25) is 14.4 Å². The molecule has 0 heterocycles. The highest BCUT2D eigenvalue weighted by Crippen LogP contribution is 2.38. The number of carbonyl (C=O) groups is 3. The highest BCUT2D eigenvalue weighted by molar-refractivity contribution is 6.00. The molecule has 1 aromatic carbocycles. The Bertz CT molecular complexity index is 822. The van der Waals surface area contributed by atoms with E-state index in [1.165, 1.54) is 37.3 Å². The summed E-state index contributed by atoms with van der Waals surface area (Å²) >= 11 is 0. The van der Waals surface area contributed by atoms with Crippen LogP contribution in [0.25, 0.3) is 0 Å². The molecular formula is C30H46O3. The first kappa shape index (κ1) is 27.5. The summed E-state index contributed by atoms with van der Waals surface area (Å²) in [6.45, 7) is 12.4.